The number of fused-ring (bicyclic) bond motifs is 1. The normalized spacial score (nSPS) is 19.1. The first-order valence-electron chi connectivity index (χ1n) is 4.97. The van der Waals surface area contributed by atoms with Crippen LogP contribution in [-0.2, 0) is 11.2 Å². The highest BCUT2D eigenvalue weighted by Gasteiger charge is 2.20. The highest BCUT2D eigenvalue weighted by Crippen LogP contribution is 2.20. The van der Waals surface area contributed by atoms with E-state index >= 15 is 0 Å². The Morgan fingerprint density at radius 1 is 1.53 bits per heavy atom. The number of ether oxygens (including phenoxy) is 1. The number of alkyl carbamates (subject to hydrolysis) is 1. The molecule has 1 atom stereocenters. The Labute approximate surface area is 88.6 Å². The van der Waals surface area contributed by atoms with Gasteiger partial charge < -0.3 is 10.1 Å². The van der Waals surface area contributed by atoms with Crippen molar-refractivity contribution >= 4 is 6.09 Å². The molecule has 80 valence electrons. The molecule has 1 aromatic rings. The molecule has 1 aliphatic rings. The molecule has 0 saturated heterocycles. The maximum absolute atomic E-state index is 11.1. The number of hydrogen-bond acceptors (Lipinski definition) is 3. The highest BCUT2D eigenvalue weighted by atomic mass is 16.5. The minimum atomic E-state index is -0.413. The van der Waals surface area contributed by atoms with E-state index in [4.69, 9.17) is 0 Å². The number of carbonyl (C=O) groups excluding carboxylic acids is 1. The predicted octanol–water partition coefficient (Wildman–Crippen LogP) is 1.19. The fourth-order valence-corrected chi connectivity index (χ4v) is 1.81. The zero-order valence-electron chi connectivity index (χ0n) is 8.62. The lowest BCUT2D eigenvalue weighted by molar-refractivity contribution is 0.163. The molecule has 15 heavy (non-hydrogen) atoms. The number of hydrogen-bond donors (Lipinski definition) is 2. The Balaban J connectivity index is 2.18. The van der Waals surface area contributed by atoms with Gasteiger partial charge in [0, 0.05) is 6.54 Å². The Kier molecular flexibility index (Phi) is 2.87. The molecular weight excluding hydrogens is 192 g/mol. The van der Waals surface area contributed by atoms with E-state index in [2.05, 4.69) is 21.4 Å². The van der Waals surface area contributed by atoms with Gasteiger partial charge in [-0.2, -0.15) is 0 Å². The summed E-state index contributed by atoms with van der Waals surface area (Å²) < 4.78 is 4.58. The Hall–Kier alpha value is -1.55. The van der Waals surface area contributed by atoms with E-state index in [-0.39, 0.29) is 6.17 Å². The summed E-state index contributed by atoms with van der Waals surface area (Å²) in [6, 6.07) is 8.08. The molecule has 0 aromatic heterocycles. The summed E-state index contributed by atoms with van der Waals surface area (Å²) in [4.78, 5) is 11.1. The third kappa shape index (κ3) is 2.10. The van der Waals surface area contributed by atoms with Crippen molar-refractivity contribution in [1.29, 1.82) is 0 Å². The van der Waals surface area contributed by atoms with Gasteiger partial charge in [-0.15, -0.1) is 0 Å². The van der Waals surface area contributed by atoms with Crippen LogP contribution >= 0.6 is 0 Å². The van der Waals surface area contributed by atoms with Crippen molar-refractivity contribution < 1.29 is 9.53 Å². The largest absolute Gasteiger partial charge is 0.453 e. The van der Waals surface area contributed by atoms with Gasteiger partial charge in [0.05, 0.1) is 7.11 Å². The van der Waals surface area contributed by atoms with Crippen LogP contribution in [-0.4, -0.2) is 19.7 Å². The molecule has 4 heteroatoms. The van der Waals surface area contributed by atoms with Crippen LogP contribution in [0.5, 0.6) is 0 Å². The summed E-state index contributed by atoms with van der Waals surface area (Å²) in [5.41, 5.74) is 2.40. The van der Waals surface area contributed by atoms with Crippen molar-refractivity contribution in [1.82, 2.24) is 10.6 Å². The van der Waals surface area contributed by atoms with Gasteiger partial charge in [0.15, 0.2) is 0 Å². The van der Waals surface area contributed by atoms with Crippen LogP contribution in [0.1, 0.15) is 17.3 Å². The van der Waals surface area contributed by atoms with Crippen LogP contribution in [0.25, 0.3) is 0 Å². The lowest BCUT2D eigenvalue weighted by atomic mass is 9.99. The molecule has 1 heterocycles. The molecule has 1 aliphatic heterocycles. The van der Waals surface area contributed by atoms with Crippen LogP contribution in [0.3, 0.4) is 0 Å². The van der Waals surface area contributed by atoms with Gasteiger partial charge in [0.2, 0.25) is 0 Å². The van der Waals surface area contributed by atoms with Gasteiger partial charge in [0.1, 0.15) is 6.17 Å². The average molecular weight is 206 g/mol. The van der Waals surface area contributed by atoms with Crippen LogP contribution in [0.2, 0.25) is 0 Å². The number of benzene rings is 1. The van der Waals surface area contributed by atoms with Crippen LogP contribution < -0.4 is 10.6 Å². The Bertz CT molecular complexity index is 365. The molecule has 0 saturated carbocycles. The van der Waals surface area contributed by atoms with Gasteiger partial charge in [-0.1, -0.05) is 24.3 Å². The first-order chi connectivity index (χ1) is 7.31. The van der Waals surface area contributed by atoms with Crippen molar-refractivity contribution in [3.63, 3.8) is 0 Å². The molecule has 0 bridgehead atoms. The molecule has 2 N–H and O–H groups in total. The van der Waals surface area contributed by atoms with Crippen molar-refractivity contribution in [2.75, 3.05) is 13.7 Å². The second kappa shape index (κ2) is 4.31. The van der Waals surface area contributed by atoms with E-state index in [0.717, 1.165) is 18.5 Å². The van der Waals surface area contributed by atoms with E-state index in [1.165, 1.54) is 12.7 Å². The number of methoxy groups -OCH3 is 1. The Morgan fingerprint density at radius 3 is 3.13 bits per heavy atom. The molecule has 1 amide bonds. The third-order valence-corrected chi connectivity index (χ3v) is 2.56. The molecule has 0 fully saturated rings. The zero-order chi connectivity index (χ0) is 10.7. The van der Waals surface area contributed by atoms with E-state index in [1.807, 2.05) is 18.2 Å². The summed E-state index contributed by atoms with van der Waals surface area (Å²) in [7, 11) is 1.37. The molecule has 0 radical (unpaired) electrons. The summed E-state index contributed by atoms with van der Waals surface area (Å²) in [5, 5.41) is 5.98. The third-order valence-electron chi connectivity index (χ3n) is 2.56. The standard InChI is InChI=1S/C11H14N2O2/c1-15-11(14)13-10-9-5-3-2-4-8(9)6-7-12-10/h2-5,10,12H,6-7H2,1H3,(H,13,14). The summed E-state index contributed by atoms with van der Waals surface area (Å²) in [5.74, 6) is 0. The first kappa shape index (κ1) is 9.98. The minimum Gasteiger partial charge on any atom is -0.453 e. The monoisotopic (exact) mass is 206 g/mol. The SMILES string of the molecule is COC(=O)NC1NCCc2ccccc21. The molecule has 4 nitrogen and oxygen atoms in total. The second-order valence-corrected chi connectivity index (χ2v) is 3.47. The molecule has 1 aromatic carbocycles. The summed E-state index contributed by atoms with van der Waals surface area (Å²) in [6.45, 7) is 0.867. The fraction of sp³-hybridized carbons (Fsp3) is 0.364. The maximum atomic E-state index is 11.1. The van der Waals surface area contributed by atoms with Crippen molar-refractivity contribution in [3.8, 4) is 0 Å². The lowest BCUT2D eigenvalue weighted by Gasteiger charge is -2.26. The molecule has 0 aliphatic carbocycles. The number of rotatable bonds is 1. The molecule has 1 unspecified atom stereocenters. The van der Waals surface area contributed by atoms with E-state index in [9.17, 15) is 4.79 Å². The molecule has 2 rings (SSSR count). The summed E-state index contributed by atoms with van der Waals surface area (Å²) >= 11 is 0. The van der Waals surface area contributed by atoms with Gasteiger partial charge in [0.25, 0.3) is 0 Å². The molecule has 0 spiro atoms. The number of carbonyl (C=O) groups is 1. The molecular formula is C11H14N2O2. The van der Waals surface area contributed by atoms with Crippen LogP contribution in [0.4, 0.5) is 4.79 Å². The first-order valence-corrected chi connectivity index (χ1v) is 4.97. The number of nitrogens with one attached hydrogen (secondary N) is 2. The van der Waals surface area contributed by atoms with Crippen LogP contribution in [0, 0.1) is 0 Å². The minimum absolute atomic E-state index is 0.137. The average Bonchev–Trinajstić information content (AvgIpc) is 2.29. The van der Waals surface area contributed by atoms with E-state index in [0.29, 0.717) is 0 Å². The van der Waals surface area contributed by atoms with E-state index < -0.39 is 6.09 Å². The van der Waals surface area contributed by atoms with Gasteiger partial charge in [-0.3, -0.25) is 5.32 Å². The summed E-state index contributed by atoms with van der Waals surface area (Å²) in [6.07, 6.45) is 0.446. The Morgan fingerprint density at radius 2 is 2.33 bits per heavy atom. The topological polar surface area (TPSA) is 50.4 Å². The van der Waals surface area contributed by atoms with Crippen LogP contribution in [0.15, 0.2) is 24.3 Å². The maximum Gasteiger partial charge on any atom is 0.408 e. The van der Waals surface area contributed by atoms with Crippen molar-refractivity contribution in [3.05, 3.63) is 35.4 Å². The smallest absolute Gasteiger partial charge is 0.408 e. The van der Waals surface area contributed by atoms with Gasteiger partial charge in [-0.05, 0) is 17.5 Å². The zero-order valence-corrected chi connectivity index (χ0v) is 8.62. The van der Waals surface area contributed by atoms with Crippen molar-refractivity contribution in [2.45, 2.75) is 12.6 Å². The van der Waals surface area contributed by atoms with E-state index in [1.54, 1.807) is 0 Å². The lowest BCUT2D eigenvalue weighted by Crippen LogP contribution is -2.42. The number of amides is 1. The van der Waals surface area contributed by atoms with Crippen molar-refractivity contribution in [2.24, 2.45) is 0 Å². The van der Waals surface area contributed by atoms with Gasteiger partial charge in [-0.25, -0.2) is 4.79 Å². The predicted molar refractivity (Wildman–Crippen MR) is 56.4 cm³/mol. The quantitative estimate of drug-likeness (QED) is 0.725. The fourth-order valence-electron chi connectivity index (χ4n) is 1.81. The second-order valence-electron chi connectivity index (χ2n) is 3.47. The van der Waals surface area contributed by atoms with Gasteiger partial charge >= 0.3 is 6.09 Å². The highest BCUT2D eigenvalue weighted by molar-refractivity contribution is 5.67.